The van der Waals surface area contributed by atoms with Crippen LogP contribution in [0.3, 0.4) is 0 Å². The second-order valence-corrected chi connectivity index (χ2v) is 6.38. The molecule has 4 heteroatoms. The van der Waals surface area contributed by atoms with Gasteiger partial charge in [-0.15, -0.1) is 0 Å². The van der Waals surface area contributed by atoms with E-state index in [2.05, 4.69) is 4.98 Å². The van der Waals surface area contributed by atoms with E-state index in [0.717, 1.165) is 10.9 Å². The van der Waals surface area contributed by atoms with E-state index in [0.29, 0.717) is 16.1 Å². The molecule has 1 aliphatic carbocycles. The van der Waals surface area contributed by atoms with E-state index in [9.17, 15) is 9.59 Å². The molecule has 3 rings (SSSR count). The molecule has 1 aliphatic rings. The van der Waals surface area contributed by atoms with Gasteiger partial charge in [0.1, 0.15) is 5.60 Å². The van der Waals surface area contributed by atoms with Gasteiger partial charge in [0.25, 0.3) is 0 Å². The summed E-state index contributed by atoms with van der Waals surface area (Å²) in [6, 6.07) is 9.54. The minimum Gasteiger partial charge on any atom is -0.457 e. The summed E-state index contributed by atoms with van der Waals surface area (Å²) in [7, 11) is 0. The van der Waals surface area contributed by atoms with Crippen LogP contribution in [0.4, 0.5) is 0 Å². The lowest BCUT2D eigenvalue weighted by atomic mass is 9.99. The number of pyridine rings is 1. The lowest BCUT2D eigenvalue weighted by molar-refractivity contribution is -0.148. The van der Waals surface area contributed by atoms with Gasteiger partial charge in [-0.05, 0) is 32.9 Å². The van der Waals surface area contributed by atoms with E-state index in [4.69, 9.17) is 4.74 Å². The Kier molecular flexibility index (Phi) is 3.32. The minimum atomic E-state index is -0.598. The van der Waals surface area contributed by atoms with Gasteiger partial charge in [0, 0.05) is 23.1 Å². The number of ketones is 1. The fourth-order valence-electron chi connectivity index (χ4n) is 2.48. The molecule has 0 radical (unpaired) electrons. The number of esters is 1. The standard InChI is InChI=1S/C18H17NO3/c1-18(2,3)22-17(21)14-9-12(20)10-16-13(14)8-11-6-4-5-7-15(11)19-16/h4-8,10H,9H2,1-3H3. The number of hydrogen-bond acceptors (Lipinski definition) is 4. The Labute approximate surface area is 128 Å². The Morgan fingerprint density at radius 1 is 1.23 bits per heavy atom. The first-order valence-corrected chi connectivity index (χ1v) is 7.20. The normalized spacial score (nSPS) is 14.5. The third-order valence-corrected chi connectivity index (χ3v) is 3.37. The molecule has 22 heavy (non-hydrogen) atoms. The average Bonchev–Trinajstić information content (AvgIpc) is 2.42. The maximum atomic E-state index is 12.4. The first kappa shape index (κ1) is 14.4. The number of para-hydroxylation sites is 1. The molecule has 0 saturated heterocycles. The molecule has 112 valence electrons. The summed E-state index contributed by atoms with van der Waals surface area (Å²) in [5.41, 5.74) is 0.588. The molecule has 0 spiro atoms. The third-order valence-electron chi connectivity index (χ3n) is 3.37. The van der Waals surface area contributed by atoms with Crippen LogP contribution in [0.2, 0.25) is 0 Å². The van der Waals surface area contributed by atoms with E-state index in [1.807, 2.05) is 51.1 Å². The highest BCUT2D eigenvalue weighted by Gasteiger charge is 2.24. The van der Waals surface area contributed by atoms with Crippen molar-refractivity contribution in [2.45, 2.75) is 32.8 Å². The van der Waals surface area contributed by atoms with Crippen LogP contribution >= 0.6 is 0 Å². The van der Waals surface area contributed by atoms with Crippen molar-refractivity contribution in [3.63, 3.8) is 0 Å². The predicted molar refractivity (Wildman–Crippen MR) is 84.3 cm³/mol. The van der Waals surface area contributed by atoms with Crippen LogP contribution in [0.5, 0.6) is 0 Å². The molecule has 0 amide bonds. The number of aromatic nitrogens is 1. The molecular formula is C18H17NO3. The Balaban J connectivity index is 2.27. The maximum absolute atomic E-state index is 12.4. The summed E-state index contributed by atoms with van der Waals surface area (Å²) in [6.07, 6.45) is 1.55. The largest absolute Gasteiger partial charge is 0.457 e. The molecule has 4 nitrogen and oxygen atoms in total. The van der Waals surface area contributed by atoms with Crippen LogP contribution in [-0.2, 0) is 14.3 Å². The van der Waals surface area contributed by atoms with Gasteiger partial charge in [0.2, 0.25) is 0 Å². The lowest BCUT2D eigenvalue weighted by Gasteiger charge is -2.21. The highest BCUT2D eigenvalue weighted by molar-refractivity contribution is 6.22. The van der Waals surface area contributed by atoms with Crippen LogP contribution in [-0.4, -0.2) is 22.3 Å². The quantitative estimate of drug-likeness (QED) is 0.748. The highest BCUT2D eigenvalue weighted by Crippen LogP contribution is 2.15. The van der Waals surface area contributed by atoms with E-state index in [1.165, 1.54) is 6.08 Å². The summed E-state index contributed by atoms with van der Waals surface area (Å²) in [5, 5.41) is 2.16. The third kappa shape index (κ3) is 2.77. The van der Waals surface area contributed by atoms with Gasteiger partial charge in [-0.2, -0.15) is 0 Å². The van der Waals surface area contributed by atoms with E-state index in [-0.39, 0.29) is 12.2 Å². The molecule has 0 unspecified atom stereocenters. The van der Waals surface area contributed by atoms with Crippen molar-refractivity contribution in [2.75, 3.05) is 0 Å². The highest BCUT2D eigenvalue weighted by atomic mass is 16.6. The second-order valence-electron chi connectivity index (χ2n) is 6.38. The van der Waals surface area contributed by atoms with Gasteiger partial charge >= 0.3 is 5.97 Å². The molecule has 2 aromatic rings. The zero-order valence-corrected chi connectivity index (χ0v) is 12.8. The number of carbonyl (C=O) groups is 2. The predicted octanol–water partition coefficient (Wildman–Crippen LogP) is 1.48. The van der Waals surface area contributed by atoms with Gasteiger partial charge in [-0.1, -0.05) is 18.2 Å². The first-order chi connectivity index (χ1) is 10.3. The van der Waals surface area contributed by atoms with Crippen LogP contribution < -0.4 is 10.6 Å². The fourth-order valence-corrected chi connectivity index (χ4v) is 2.48. The maximum Gasteiger partial charge on any atom is 0.335 e. The zero-order valence-electron chi connectivity index (χ0n) is 12.8. The van der Waals surface area contributed by atoms with E-state index < -0.39 is 11.6 Å². The smallest absolute Gasteiger partial charge is 0.335 e. The van der Waals surface area contributed by atoms with Crippen LogP contribution in [0, 0.1) is 0 Å². The summed E-state index contributed by atoms with van der Waals surface area (Å²) < 4.78 is 5.42. The second kappa shape index (κ2) is 5.05. The molecule has 0 bridgehead atoms. The van der Waals surface area contributed by atoms with Crippen molar-refractivity contribution in [1.29, 1.82) is 0 Å². The number of Topliss-reactive ketones (excluding diaryl/α,β-unsaturated/α-hetero) is 1. The Morgan fingerprint density at radius 2 is 1.95 bits per heavy atom. The van der Waals surface area contributed by atoms with E-state index in [1.54, 1.807) is 0 Å². The topological polar surface area (TPSA) is 56.3 Å². The molecule has 0 aliphatic heterocycles. The number of hydrogen-bond donors (Lipinski definition) is 0. The summed E-state index contributed by atoms with van der Waals surface area (Å²) in [4.78, 5) is 28.8. The van der Waals surface area contributed by atoms with Crippen LogP contribution in [0.15, 0.2) is 30.3 Å². The monoisotopic (exact) mass is 295 g/mol. The Bertz CT molecular complexity index is 904. The zero-order chi connectivity index (χ0) is 15.9. The number of benzene rings is 1. The molecule has 0 atom stereocenters. The molecule has 0 fully saturated rings. The van der Waals surface area contributed by atoms with Gasteiger partial charge in [0.05, 0.1) is 16.4 Å². The Morgan fingerprint density at radius 3 is 2.68 bits per heavy atom. The summed E-state index contributed by atoms with van der Waals surface area (Å²) in [6.45, 7) is 5.42. The van der Waals surface area contributed by atoms with Crippen molar-refractivity contribution in [2.24, 2.45) is 0 Å². The van der Waals surface area contributed by atoms with E-state index >= 15 is 0 Å². The number of nitrogens with zero attached hydrogens (tertiary/aromatic N) is 1. The van der Waals surface area contributed by atoms with Crippen molar-refractivity contribution in [1.82, 2.24) is 4.98 Å². The van der Waals surface area contributed by atoms with Crippen LogP contribution in [0.25, 0.3) is 22.6 Å². The van der Waals surface area contributed by atoms with Crippen molar-refractivity contribution < 1.29 is 14.3 Å². The van der Waals surface area contributed by atoms with Crippen molar-refractivity contribution in [3.8, 4) is 0 Å². The van der Waals surface area contributed by atoms with Crippen molar-refractivity contribution >= 4 is 34.3 Å². The van der Waals surface area contributed by atoms with Crippen molar-refractivity contribution in [3.05, 3.63) is 40.9 Å². The molecule has 1 aromatic carbocycles. The van der Waals surface area contributed by atoms with Gasteiger partial charge in [0.15, 0.2) is 5.78 Å². The lowest BCUT2D eigenvalue weighted by Crippen LogP contribution is -2.38. The van der Waals surface area contributed by atoms with Gasteiger partial charge in [-0.25, -0.2) is 9.78 Å². The summed E-state index contributed by atoms with van der Waals surface area (Å²) in [5.74, 6) is -0.580. The SMILES string of the molecule is CC(C)(C)OC(=O)C1=c2cc3ccccc3nc2=CC(=O)C1. The average molecular weight is 295 g/mol. The van der Waals surface area contributed by atoms with Crippen LogP contribution in [0.1, 0.15) is 27.2 Å². The number of carbonyl (C=O) groups excluding carboxylic acids is 2. The fraction of sp³-hybridized carbons (Fsp3) is 0.278. The Hall–Kier alpha value is -2.49. The molecule has 0 saturated carbocycles. The molecule has 1 heterocycles. The van der Waals surface area contributed by atoms with Gasteiger partial charge < -0.3 is 4.74 Å². The minimum absolute atomic E-state index is 0.0575. The molecule has 1 aromatic heterocycles. The molecule has 0 N–H and O–H groups in total. The number of rotatable bonds is 1. The summed E-state index contributed by atoms with van der Waals surface area (Å²) >= 11 is 0. The molecular weight excluding hydrogens is 278 g/mol. The number of ether oxygens (including phenoxy) is 1. The first-order valence-electron chi connectivity index (χ1n) is 7.20. The number of fused-ring (bicyclic) bond motifs is 2. The van der Waals surface area contributed by atoms with Gasteiger partial charge in [-0.3, -0.25) is 4.79 Å².